The van der Waals surface area contributed by atoms with E-state index in [0.717, 1.165) is 23.4 Å². The van der Waals surface area contributed by atoms with Gasteiger partial charge in [0.05, 0.1) is 0 Å². The lowest BCUT2D eigenvalue weighted by Gasteiger charge is -2.27. The van der Waals surface area contributed by atoms with Crippen LogP contribution in [0.1, 0.15) is 26.3 Å². The molecule has 4 heteroatoms. The number of para-hydroxylation sites is 1. The van der Waals surface area contributed by atoms with Crippen LogP contribution in [0.5, 0.6) is 0 Å². The first-order valence-corrected chi connectivity index (χ1v) is 6.10. The number of rotatable bonds is 4. The van der Waals surface area contributed by atoms with Crippen molar-refractivity contribution in [3.63, 3.8) is 0 Å². The molecule has 0 unspecified atom stereocenters. The van der Waals surface area contributed by atoms with Crippen LogP contribution in [0.4, 0.5) is 5.69 Å². The van der Waals surface area contributed by atoms with Crippen LogP contribution in [-0.2, 0) is 6.42 Å². The molecule has 1 aromatic rings. The van der Waals surface area contributed by atoms with E-state index in [1.165, 1.54) is 5.12 Å². The molecular weight excluding hydrogens is 224 g/mol. The molecule has 0 aliphatic heterocycles. The number of nitrogens with two attached hydrogens (primary N) is 2. The average molecular weight is 248 g/mol. The predicted octanol–water partition coefficient (Wildman–Crippen LogP) is 2.05. The highest BCUT2D eigenvalue weighted by molar-refractivity contribution is 5.47. The van der Waals surface area contributed by atoms with Gasteiger partial charge in [0.1, 0.15) is 0 Å². The highest BCUT2D eigenvalue weighted by Crippen LogP contribution is 2.24. The maximum atomic E-state index is 5.93. The van der Waals surface area contributed by atoms with Crippen molar-refractivity contribution in [3.8, 4) is 0 Å². The molecule has 18 heavy (non-hydrogen) atoms. The van der Waals surface area contributed by atoms with Crippen molar-refractivity contribution < 1.29 is 0 Å². The van der Waals surface area contributed by atoms with Gasteiger partial charge in [-0.05, 0) is 18.1 Å². The Labute approximate surface area is 110 Å². The molecule has 1 aromatic carbocycles. The molecule has 0 saturated heterocycles. The number of nitrogen functional groups attached to an aromatic ring is 1. The van der Waals surface area contributed by atoms with E-state index < -0.39 is 0 Å². The Morgan fingerprint density at radius 2 is 1.94 bits per heavy atom. The third kappa shape index (κ3) is 4.39. The number of nitrogens with one attached hydrogen (secondary N) is 1. The van der Waals surface area contributed by atoms with Gasteiger partial charge in [-0.2, -0.15) is 5.12 Å². The maximum Gasteiger partial charge on any atom is 0.0349 e. The second-order valence-electron chi connectivity index (χ2n) is 5.49. The Morgan fingerprint density at radius 1 is 1.33 bits per heavy atom. The first-order valence-electron chi connectivity index (χ1n) is 6.10. The third-order valence-corrected chi connectivity index (χ3v) is 2.69. The zero-order valence-corrected chi connectivity index (χ0v) is 11.7. The number of hydrogen-bond acceptors (Lipinski definition) is 4. The van der Waals surface area contributed by atoms with E-state index in [1.807, 2.05) is 24.3 Å². The average Bonchev–Trinajstić information content (AvgIpc) is 2.24. The molecule has 0 atom stereocenters. The number of anilines is 1. The smallest absolute Gasteiger partial charge is 0.0349 e. The molecule has 0 aromatic heterocycles. The fraction of sp³-hybridized carbons (Fsp3) is 0.429. The SMILES string of the molecule is CN(N)N/C(=C\Cc1ccccc1N)C(C)(C)C. The minimum atomic E-state index is 0.0111. The zero-order chi connectivity index (χ0) is 13.8. The summed E-state index contributed by atoms with van der Waals surface area (Å²) in [6.45, 7) is 6.43. The maximum absolute atomic E-state index is 5.93. The van der Waals surface area contributed by atoms with E-state index in [-0.39, 0.29) is 5.41 Å². The van der Waals surface area contributed by atoms with Crippen molar-refractivity contribution in [2.24, 2.45) is 11.3 Å². The van der Waals surface area contributed by atoms with Crippen LogP contribution in [0.15, 0.2) is 36.0 Å². The third-order valence-electron chi connectivity index (χ3n) is 2.69. The molecule has 0 radical (unpaired) electrons. The van der Waals surface area contributed by atoms with Crippen LogP contribution in [0.3, 0.4) is 0 Å². The second kappa shape index (κ2) is 5.89. The van der Waals surface area contributed by atoms with E-state index in [1.54, 1.807) is 7.05 Å². The summed E-state index contributed by atoms with van der Waals surface area (Å²) in [6.07, 6.45) is 2.93. The molecule has 0 bridgehead atoms. The Hall–Kier alpha value is -1.52. The summed E-state index contributed by atoms with van der Waals surface area (Å²) in [7, 11) is 1.77. The summed E-state index contributed by atoms with van der Waals surface area (Å²) in [5, 5.41) is 1.46. The predicted molar refractivity (Wildman–Crippen MR) is 77.2 cm³/mol. The quantitative estimate of drug-likeness (QED) is 0.433. The van der Waals surface area contributed by atoms with Gasteiger partial charge in [0.15, 0.2) is 0 Å². The standard InChI is InChI=1S/C14H24N4/c1-14(2,3)13(17-18(4)16)10-9-11-7-5-6-8-12(11)15/h5-8,10,17H,9,15-16H2,1-4H3/b13-10-. The van der Waals surface area contributed by atoms with Gasteiger partial charge in [-0.15, -0.1) is 0 Å². The summed E-state index contributed by atoms with van der Waals surface area (Å²) in [6, 6.07) is 7.90. The van der Waals surface area contributed by atoms with E-state index in [4.69, 9.17) is 11.6 Å². The molecule has 4 nitrogen and oxygen atoms in total. The fourth-order valence-corrected chi connectivity index (χ4v) is 1.64. The van der Waals surface area contributed by atoms with Crippen molar-refractivity contribution in [2.45, 2.75) is 27.2 Å². The molecule has 0 aliphatic rings. The van der Waals surface area contributed by atoms with Crippen LogP contribution in [0.25, 0.3) is 0 Å². The highest BCUT2D eigenvalue weighted by atomic mass is 15.6. The minimum absolute atomic E-state index is 0.0111. The summed E-state index contributed by atoms with van der Waals surface area (Å²) in [4.78, 5) is 0. The lowest BCUT2D eigenvalue weighted by molar-refractivity contribution is 0.241. The minimum Gasteiger partial charge on any atom is -0.398 e. The van der Waals surface area contributed by atoms with Gasteiger partial charge in [0, 0.05) is 23.8 Å². The Kier molecular flexibility index (Phi) is 4.76. The molecule has 0 heterocycles. The zero-order valence-electron chi connectivity index (χ0n) is 11.7. The topological polar surface area (TPSA) is 67.3 Å². The first kappa shape index (κ1) is 14.5. The molecule has 0 fully saturated rings. The van der Waals surface area contributed by atoms with Gasteiger partial charge in [0.25, 0.3) is 0 Å². The van der Waals surface area contributed by atoms with Crippen molar-refractivity contribution in [2.75, 3.05) is 12.8 Å². The molecule has 0 amide bonds. The van der Waals surface area contributed by atoms with Crippen molar-refractivity contribution in [1.82, 2.24) is 10.5 Å². The summed E-state index contributed by atoms with van der Waals surface area (Å²) >= 11 is 0. The molecule has 0 aliphatic carbocycles. The molecule has 5 N–H and O–H groups in total. The number of benzene rings is 1. The summed E-state index contributed by atoms with van der Waals surface area (Å²) in [5.74, 6) is 5.65. The normalized spacial score (nSPS) is 12.9. The van der Waals surface area contributed by atoms with Gasteiger partial charge in [-0.25, -0.2) is 0 Å². The fourth-order valence-electron chi connectivity index (χ4n) is 1.64. The van der Waals surface area contributed by atoms with Gasteiger partial charge in [-0.3, -0.25) is 5.84 Å². The molecule has 0 spiro atoms. The van der Waals surface area contributed by atoms with Crippen LogP contribution in [0, 0.1) is 5.41 Å². The van der Waals surface area contributed by atoms with Crippen LogP contribution >= 0.6 is 0 Å². The molecular formula is C14H24N4. The van der Waals surface area contributed by atoms with Crippen molar-refractivity contribution in [3.05, 3.63) is 41.6 Å². The molecule has 0 saturated carbocycles. The van der Waals surface area contributed by atoms with Crippen LogP contribution < -0.4 is 17.0 Å². The van der Waals surface area contributed by atoms with Crippen molar-refractivity contribution >= 4 is 5.69 Å². The van der Waals surface area contributed by atoms with E-state index in [2.05, 4.69) is 32.3 Å². The molecule has 1 rings (SSSR count). The van der Waals surface area contributed by atoms with E-state index in [0.29, 0.717) is 0 Å². The van der Waals surface area contributed by atoms with Gasteiger partial charge >= 0.3 is 0 Å². The first-order chi connectivity index (χ1) is 8.30. The number of hydrazine groups is 2. The Morgan fingerprint density at radius 3 is 2.44 bits per heavy atom. The lowest BCUT2D eigenvalue weighted by atomic mass is 9.91. The van der Waals surface area contributed by atoms with E-state index in [9.17, 15) is 0 Å². The summed E-state index contributed by atoms with van der Waals surface area (Å²) < 4.78 is 0. The number of hydrogen-bond donors (Lipinski definition) is 3. The van der Waals surface area contributed by atoms with Gasteiger partial charge in [-0.1, -0.05) is 45.0 Å². The van der Waals surface area contributed by atoms with Gasteiger partial charge in [0.2, 0.25) is 0 Å². The van der Waals surface area contributed by atoms with Crippen molar-refractivity contribution in [1.29, 1.82) is 0 Å². The van der Waals surface area contributed by atoms with E-state index >= 15 is 0 Å². The summed E-state index contributed by atoms with van der Waals surface area (Å²) in [5.41, 5.74) is 12.1. The number of nitrogens with zero attached hydrogens (tertiary/aromatic N) is 1. The van der Waals surface area contributed by atoms with Crippen LogP contribution in [0.2, 0.25) is 0 Å². The molecule has 100 valence electrons. The largest absolute Gasteiger partial charge is 0.398 e. The lowest BCUT2D eigenvalue weighted by Crippen LogP contribution is -2.42. The second-order valence-corrected chi connectivity index (χ2v) is 5.49. The Bertz CT molecular complexity index is 416. The van der Waals surface area contributed by atoms with Gasteiger partial charge < -0.3 is 11.2 Å². The Balaban J connectivity index is 2.87. The van der Waals surface area contributed by atoms with Crippen LogP contribution in [-0.4, -0.2) is 12.2 Å². The number of allylic oxidation sites excluding steroid dienone is 2. The highest BCUT2D eigenvalue weighted by Gasteiger charge is 2.17. The monoisotopic (exact) mass is 248 g/mol.